The number of H-pyrrole nitrogens is 1. The molecule has 0 aliphatic heterocycles. The van der Waals surface area contributed by atoms with E-state index in [0.717, 1.165) is 22.3 Å². The molecule has 1 aromatic heterocycles. The number of halogens is 1. The van der Waals surface area contributed by atoms with Crippen molar-refractivity contribution in [2.75, 3.05) is 0 Å². The molecule has 1 amide bonds. The molecule has 4 rings (SSSR count). The summed E-state index contributed by atoms with van der Waals surface area (Å²) < 4.78 is 27.5. The van der Waals surface area contributed by atoms with Gasteiger partial charge in [-0.1, -0.05) is 41.9 Å². The van der Waals surface area contributed by atoms with E-state index in [2.05, 4.69) is 10.3 Å². The third-order valence-corrected chi connectivity index (χ3v) is 7.43. The summed E-state index contributed by atoms with van der Waals surface area (Å²) >= 11 is 6.16. The van der Waals surface area contributed by atoms with Gasteiger partial charge >= 0.3 is 0 Å². The van der Waals surface area contributed by atoms with E-state index < -0.39 is 15.7 Å². The number of rotatable bonds is 6. The van der Waals surface area contributed by atoms with Crippen molar-refractivity contribution in [3.8, 4) is 0 Å². The highest BCUT2D eigenvalue weighted by atomic mass is 35.5. The molecule has 4 aromatic rings. The maximum Gasteiger partial charge on any atom is 0.269 e. The number of benzene rings is 3. The summed E-state index contributed by atoms with van der Waals surface area (Å²) in [6, 6.07) is 17.0. The summed E-state index contributed by atoms with van der Waals surface area (Å²) in [6.07, 6.45) is 0. The third kappa shape index (κ3) is 4.66. The lowest BCUT2D eigenvalue weighted by Crippen LogP contribution is -2.25. The first-order chi connectivity index (χ1) is 15.7. The van der Waals surface area contributed by atoms with E-state index in [9.17, 15) is 18.3 Å². The first kappa shape index (κ1) is 23.0. The second-order valence-corrected chi connectivity index (χ2v) is 10.3. The van der Waals surface area contributed by atoms with Gasteiger partial charge in [0.2, 0.25) is 9.84 Å². The molecular weight excluding hydrogens is 460 g/mol. The lowest BCUT2D eigenvalue weighted by atomic mass is 10.1. The second kappa shape index (κ2) is 9.02. The number of sulfone groups is 1. The van der Waals surface area contributed by atoms with Gasteiger partial charge in [0.25, 0.3) is 5.91 Å². The maximum absolute atomic E-state index is 13.7. The van der Waals surface area contributed by atoms with E-state index in [1.165, 1.54) is 0 Å². The monoisotopic (exact) mass is 482 g/mol. The van der Waals surface area contributed by atoms with E-state index in [0.29, 0.717) is 15.9 Å². The Hall–Kier alpha value is -3.13. The number of aliphatic hydroxyl groups is 1. The maximum atomic E-state index is 13.7. The number of aryl methyl sites for hydroxylation is 2. The fourth-order valence-corrected chi connectivity index (χ4v) is 5.78. The number of fused-ring (bicyclic) bond motifs is 1. The fourth-order valence-electron chi connectivity index (χ4n) is 3.82. The number of carbonyl (C=O) groups excluding carboxylic acids is 1. The zero-order chi connectivity index (χ0) is 23.8. The lowest BCUT2D eigenvalue weighted by molar-refractivity contribution is 0.0943. The van der Waals surface area contributed by atoms with Crippen molar-refractivity contribution in [3.05, 3.63) is 93.6 Å². The Kier molecular flexibility index (Phi) is 6.30. The Bertz CT molecular complexity index is 1440. The number of aromatic nitrogens is 1. The zero-order valence-corrected chi connectivity index (χ0v) is 19.7. The quantitative estimate of drug-likeness (QED) is 0.371. The van der Waals surface area contributed by atoms with E-state index >= 15 is 0 Å². The van der Waals surface area contributed by atoms with Crippen LogP contribution >= 0.6 is 11.6 Å². The molecule has 33 heavy (non-hydrogen) atoms. The SMILES string of the molecule is Cc1cc(C)cc(S(=O)(=O)c2c(C(=O)NCc3ccc(CO)cc3)[nH]c3ccc(Cl)cc23)c1. The molecule has 8 heteroatoms. The van der Waals surface area contributed by atoms with Crippen LogP contribution in [0, 0.1) is 13.8 Å². The number of hydrogen-bond acceptors (Lipinski definition) is 4. The molecule has 1 heterocycles. The van der Waals surface area contributed by atoms with Crippen LogP contribution in [0.15, 0.2) is 70.5 Å². The summed E-state index contributed by atoms with van der Waals surface area (Å²) in [4.78, 5) is 16.1. The molecule has 170 valence electrons. The van der Waals surface area contributed by atoms with Gasteiger partial charge in [-0.15, -0.1) is 0 Å². The molecule has 6 nitrogen and oxygen atoms in total. The average molecular weight is 483 g/mol. The third-order valence-electron chi connectivity index (χ3n) is 5.37. The summed E-state index contributed by atoms with van der Waals surface area (Å²) in [5.74, 6) is -0.545. The normalized spacial score (nSPS) is 11.6. The van der Waals surface area contributed by atoms with Gasteiger partial charge in [0, 0.05) is 22.5 Å². The summed E-state index contributed by atoms with van der Waals surface area (Å²) in [5.41, 5.74) is 3.66. The van der Waals surface area contributed by atoms with Crippen molar-refractivity contribution in [1.82, 2.24) is 10.3 Å². The molecule has 0 bridgehead atoms. The number of aliphatic hydroxyl groups excluding tert-OH is 1. The van der Waals surface area contributed by atoms with Gasteiger partial charge < -0.3 is 15.4 Å². The summed E-state index contributed by atoms with van der Waals surface area (Å²) in [7, 11) is -4.03. The van der Waals surface area contributed by atoms with Gasteiger partial charge in [0.05, 0.1) is 11.5 Å². The standard InChI is InChI=1S/C25H23ClN2O4S/c1-15-9-16(2)11-20(10-15)33(31,32)24-21-12-19(26)7-8-22(21)28-23(24)25(30)27-13-17-3-5-18(14-29)6-4-17/h3-12,28-29H,13-14H2,1-2H3,(H,27,30). The van der Waals surface area contributed by atoms with Crippen LogP contribution in [0.4, 0.5) is 0 Å². The van der Waals surface area contributed by atoms with Crippen molar-refractivity contribution >= 4 is 38.2 Å². The first-order valence-electron chi connectivity index (χ1n) is 10.3. The molecule has 0 spiro atoms. The Morgan fingerprint density at radius 1 is 0.970 bits per heavy atom. The van der Waals surface area contributed by atoms with Crippen LogP contribution in [0.3, 0.4) is 0 Å². The number of hydrogen-bond donors (Lipinski definition) is 3. The molecule has 0 aliphatic carbocycles. The van der Waals surface area contributed by atoms with E-state index in [4.69, 9.17) is 11.6 Å². The molecule has 3 aromatic carbocycles. The number of nitrogens with one attached hydrogen (secondary N) is 2. The molecule has 0 saturated heterocycles. The minimum absolute atomic E-state index is 0.0431. The Balaban J connectivity index is 1.78. The summed E-state index contributed by atoms with van der Waals surface area (Å²) in [5, 5.41) is 12.7. The molecule has 0 radical (unpaired) electrons. The van der Waals surface area contributed by atoms with Gasteiger partial charge in [-0.05, 0) is 66.4 Å². The molecule has 0 saturated carbocycles. The fraction of sp³-hybridized carbons (Fsp3) is 0.160. The van der Waals surface area contributed by atoms with Gasteiger partial charge in [0.15, 0.2) is 0 Å². The Labute approximate surface area is 197 Å². The molecule has 0 aliphatic rings. The smallest absolute Gasteiger partial charge is 0.269 e. The molecular formula is C25H23ClN2O4S. The highest BCUT2D eigenvalue weighted by Crippen LogP contribution is 2.34. The van der Waals surface area contributed by atoms with E-state index in [1.54, 1.807) is 54.6 Å². The van der Waals surface area contributed by atoms with Crippen LogP contribution in [-0.4, -0.2) is 24.4 Å². The Morgan fingerprint density at radius 2 is 1.61 bits per heavy atom. The highest BCUT2D eigenvalue weighted by Gasteiger charge is 2.30. The van der Waals surface area contributed by atoms with Gasteiger partial charge in [-0.25, -0.2) is 8.42 Å². The van der Waals surface area contributed by atoms with Crippen molar-refractivity contribution in [1.29, 1.82) is 0 Å². The van der Waals surface area contributed by atoms with Gasteiger partial charge in [0.1, 0.15) is 10.6 Å². The molecule has 3 N–H and O–H groups in total. The zero-order valence-electron chi connectivity index (χ0n) is 18.1. The van der Waals surface area contributed by atoms with E-state index in [1.807, 2.05) is 19.9 Å². The number of aromatic amines is 1. The summed E-state index contributed by atoms with van der Waals surface area (Å²) in [6.45, 7) is 3.79. The number of carbonyl (C=O) groups is 1. The van der Waals surface area contributed by atoms with Crippen LogP contribution in [0.1, 0.15) is 32.7 Å². The highest BCUT2D eigenvalue weighted by molar-refractivity contribution is 7.91. The van der Waals surface area contributed by atoms with Crippen molar-refractivity contribution in [2.24, 2.45) is 0 Å². The molecule has 0 fully saturated rings. The minimum Gasteiger partial charge on any atom is -0.392 e. The van der Waals surface area contributed by atoms with Crippen LogP contribution in [0.5, 0.6) is 0 Å². The van der Waals surface area contributed by atoms with E-state index in [-0.39, 0.29) is 28.6 Å². The predicted octanol–water partition coefficient (Wildman–Crippen LogP) is 4.69. The van der Waals surface area contributed by atoms with Gasteiger partial charge in [-0.2, -0.15) is 0 Å². The van der Waals surface area contributed by atoms with Crippen molar-refractivity contribution in [2.45, 2.75) is 36.8 Å². The topological polar surface area (TPSA) is 99.3 Å². The van der Waals surface area contributed by atoms with Crippen LogP contribution in [-0.2, 0) is 23.0 Å². The van der Waals surface area contributed by atoms with Crippen LogP contribution in [0.2, 0.25) is 5.02 Å². The lowest BCUT2D eigenvalue weighted by Gasteiger charge is -2.10. The molecule has 0 atom stereocenters. The largest absolute Gasteiger partial charge is 0.392 e. The van der Waals surface area contributed by atoms with Gasteiger partial charge in [-0.3, -0.25) is 4.79 Å². The molecule has 0 unspecified atom stereocenters. The van der Waals surface area contributed by atoms with Crippen LogP contribution < -0.4 is 5.32 Å². The second-order valence-electron chi connectivity index (χ2n) is 8.00. The predicted molar refractivity (Wildman–Crippen MR) is 128 cm³/mol. The van der Waals surface area contributed by atoms with Crippen LogP contribution in [0.25, 0.3) is 10.9 Å². The average Bonchev–Trinajstić information content (AvgIpc) is 3.16. The van der Waals surface area contributed by atoms with Crippen molar-refractivity contribution < 1.29 is 18.3 Å². The van der Waals surface area contributed by atoms with Crippen molar-refractivity contribution in [3.63, 3.8) is 0 Å². The Morgan fingerprint density at radius 3 is 2.24 bits per heavy atom. The minimum atomic E-state index is -4.03. The first-order valence-corrected chi connectivity index (χ1v) is 12.2. The number of amides is 1.